The molecule has 1 heterocycles. The molecule has 0 unspecified atom stereocenters. The average Bonchev–Trinajstić information content (AvgIpc) is 2.40. The van der Waals surface area contributed by atoms with Gasteiger partial charge < -0.3 is 4.90 Å². The van der Waals surface area contributed by atoms with Gasteiger partial charge in [0.15, 0.2) is 0 Å². The molecular weight excluding hydrogens is 450 g/mol. The summed E-state index contributed by atoms with van der Waals surface area (Å²) in [4.78, 5) is 13.7. The van der Waals surface area contributed by atoms with Crippen LogP contribution in [0.1, 0.15) is 16.8 Å². The van der Waals surface area contributed by atoms with Gasteiger partial charge in [-0.25, -0.2) is 0 Å². The van der Waals surface area contributed by atoms with Gasteiger partial charge in [-0.1, -0.05) is 6.08 Å². The number of benzene rings is 1. The van der Waals surface area contributed by atoms with Crippen LogP contribution in [0.4, 0.5) is 13.2 Å². The molecule has 0 N–H and O–H groups in total. The van der Waals surface area contributed by atoms with Crippen LogP contribution in [0, 0.1) is 3.57 Å². The highest BCUT2D eigenvalue weighted by atomic mass is 127. The molecule has 0 bridgehead atoms. The van der Waals surface area contributed by atoms with Crippen molar-refractivity contribution in [3.8, 4) is 0 Å². The maximum absolute atomic E-state index is 12.5. The van der Waals surface area contributed by atoms with Crippen molar-refractivity contribution in [2.75, 3.05) is 13.1 Å². The molecule has 0 fully saturated rings. The van der Waals surface area contributed by atoms with Crippen molar-refractivity contribution in [3.05, 3.63) is 43.5 Å². The van der Waals surface area contributed by atoms with Gasteiger partial charge in [-0.3, -0.25) is 4.79 Å². The molecule has 1 aliphatic rings. The average molecular weight is 460 g/mol. The van der Waals surface area contributed by atoms with Crippen LogP contribution >= 0.6 is 38.5 Å². The van der Waals surface area contributed by atoms with Crippen molar-refractivity contribution in [3.63, 3.8) is 0 Å². The maximum Gasteiger partial charge on any atom is 0.412 e. The molecule has 1 aliphatic heterocycles. The van der Waals surface area contributed by atoms with Crippen molar-refractivity contribution in [1.29, 1.82) is 0 Å². The lowest BCUT2D eigenvalue weighted by Gasteiger charge is -2.27. The van der Waals surface area contributed by atoms with Gasteiger partial charge in [0.2, 0.25) is 0 Å². The number of nitrogens with zero attached hydrogens (tertiary/aromatic N) is 1. The first-order valence-electron chi connectivity index (χ1n) is 5.79. The van der Waals surface area contributed by atoms with Crippen LogP contribution in [0.5, 0.6) is 0 Å². The summed E-state index contributed by atoms with van der Waals surface area (Å²) in [5.74, 6) is -0.257. The first-order valence-corrected chi connectivity index (χ1v) is 7.67. The summed E-state index contributed by atoms with van der Waals surface area (Å²) in [6.45, 7) is 0.0771. The fraction of sp³-hybridized carbons (Fsp3) is 0.308. The smallest absolute Gasteiger partial charge is 0.335 e. The van der Waals surface area contributed by atoms with E-state index >= 15 is 0 Å². The minimum absolute atomic E-state index is 0.00834. The second kappa shape index (κ2) is 6.05. The number of rotatable bonds is 1. The molecule has 0 spiro atoms. The second-order valence-electron chi connectivity index (χ2n) is 4.35. The summed E-state index contributed by atoms with van der Waals surface area (Å²) in [5, 5.41) is 0. The zero-order chi connectivity index (χ0) is 14.9. The Kier molecular flexibility index (Phi) is 4.78. The SMILES string of the molecule is O=C(c1cc(I)ccc1Br)N1CC=C(C(F)(F)F)CC1. The van der Waals surface area contributed by atoms with E-state index in [0.717, 1.165) is 9.65 Å². The minimum atomic E-state index is -4.29. The Morgan fingerprint density at radius 2 is 2.05 bits per heavy atom. The molecule has 108 valence electrons. The van der Waals surface area contributed by atoms with Gasteiger partial charge in [-0.2, -0.15) is 13.2 Å². The Labute approximate surface area is 136 Å². The Hall–Kier alpha value is -0.570. The van der Waals surface area contributed by atoms with Crippen LogP contribution < -0.4 is 0 Å². The molecule has 2 nitrogen and oxygen atoms in total. The Bertz CT molecular complexity index is 571. The van der Waals surface area contributed by atoms with Crippen molar-refractivity contribution in [2.45, 2.75) is 12.6 Å². The zero-order valence-electron chi connectivity index (χ0n) is 10.2. The topological polar surface area (TPSA) is 20.3 Å². The van der Waals surface area contributed by atoms with Crippen LogP contribution in [-0.4, -0.2) is 30.1 Å². The van der Waals surface area contributed by atoms with Crippen LogP contribution in [-0.2, 0) is 0 Å². The van der Waals surface area contributed by atoms with Gasteiger partial charge in [-0.05, 0) is 63.1 Å². The molecule has 0 saturated carbocycles. The van der Waals surface area contributed by atoms with Crippen LogP contribution in [0.2, 0.25) is 0 Å². The van der Waals surface area contributed by atoms with Crippen molar-refractivity contribution < 1.29 is 18.0 Å². The largest absolute Gasteiger partial charge is 0.412 e. The molecule has 1 aromatic carbocycles. The third-order valence-corrected chi connectivity index (χ3v) is 4.38. The summed E-state index contributed by atoms with van der Waals surface area (Å²) < 4.78 is 39.1. The van der Waals surface area contributed by atoms with Gasteiger partial charge >= 0.3 is 6.18 Å². The van der Waals surface area contributed by atoms with Gasteiger partial charge in [-0.15, -0.1) is 0 Å². The predicted octanol–water partition coefficient (Wildman–Crippen LogP) is 4.39. The number of alkyl halides is 3. The van der Waals surface area contributed by atoms with E-state index in [2.05, 4.69) is 38.5 Å². The predicted molar refractivity (Wildman–Crippen MR) is 81.5 cm³/mol. The van der Waals surface area contributed by atoms with E-state index in [9.17, 15) is 18.0 Å². The number of halogens is 5. The Balaban J connectivity index is 2.17. The summed E-state index contributed by atoms with van der Waals surface area (Å²) in [6.07, 6.45) is -3.36. The van der Waals surface area contributed by atoms with Crippen LogP contribution in [0.3, 0.4) is 0 Å². The number of hydrogen-bond acceptors (Lipinski definition) is 1. The zero-order valence-corrected chi connectivity index (χ0v) is 13.9. The summed E-state index contributed by atoms with van der Waals surface area (Å²) in [6, 6.07) is 5.32. The first kappa shape index (κ1) is 15.8. The molecule has 2 rings (SSSR count). The summed E-state index contributed by atoms with van der Waals surface area (Å²) in [5.41, 5.74) is -0.0796. The minimum Gasteiger partial charge on any atom is -0.335 e. The maximum atomic E-state index is 12.5. The fourth-order valence-corrected chi connectivity index (χ4v) is 2.85. The lowest BCUT2D eigenvalue weighted by molar-refractivity contribution is -0.0957. The second-order valence-corrected chi connectivity index (χ2v) is 6.45. The number of hydrogen-bond donors (Lipinski definition) is 0. The van der Waals surface area contributed by atoms with Gasteiger partial charge in [0.25, 0.3) is 5.91 Å². The quantitative estimate of drug-likeness (QED) is 0.450. The monoisotopic (exact) mass is 459 g/mol. The van der Waals surface area contributed by atoms with Crippen molar-refractivity contribution in [1.82, 2.24) is 4.90 Å². The van der Waals surface area contributed by atoms with Crippen molar-refractivity contribution >= 4 is 44.4 Å². The van der Waals surface area contributed by atoms with E-state index in [1.54, 1.807) is 12.1 Å². The highest BCUT2D eigenvalue weighted by Gasteiger charge is 2.35. The van der Waals surface area contributed by atoms with Gasteiger partial charge in [0, 0.05) is 26.7 Å². The van der Waals surface area contributed by atoms with E-state index in [1.807, 2.05) is 6.07 Å². The third kappa shape index (κ3) is 3.55. The molecule has 0 saturated heterocycles. The van der Waals surface area contributed by atoms with E-state index < -0.39 is 11.7 Å². The lowest BCUT2D eigenvalue weighted by atomic mass is 10.1. The lowest BCUT2D eigenvalue weighted by Crippen LogP contribution is -2.37. The molecule has 0 aliphatic carbocycles. The highest BCUT2D eigenvalue weighted by Crippen LogP contribution is 2.31. The first-order chi connectivity index (χ1) is 9.29. The molecule has 1 aromatic rings. The summed E-state index contributed by atoms with van der Waals surface area (Å²) >= 11 is 5.38. The number of carbonyl (C=O) groups is 1. The van der Waals surface area contributed by atoms with E-state index in [0.29, 0.717) is 10.0 Å². The molecule has 1 amide bonds. The Morgan fingerprint density at radius 3 is 2.60 bits per heavy atom. The molecular formula is C13H10BrF3INO. The summed E-state index contributed by atoms with van der Waals surface area (Å²) in [7, 11) is 0. The van der Waals surface area contributed by atoms with Crippen molar-refractivity contribution in [2.24, 2.45) is 0 Å². The standard InChI is InChI=1S/C13H10BrF3INO/c14-11-2-1-9(18)7-10(11)12(20)19-5-3-8(4-6-19)13(15,16)17/h1-3,7H,4-6H2. The highest BCUT2D eigenvalue weighted by molar-refractivity contribution is 14.1. The third-order valence-electron chi connectivity index (χ3n) is 3.02. The normalized spacial score (nSPS) is 16.1. The van der Waals surface area contributed by atoms with Gasteiger partial charge in [0.05, 0.1) is 5.56 Å². The van der Waals surface area contributed by atoms with E-state index in [-0.39, 0.29) is 25.4 Å². The van der Waals surface area contributed by atoms with E-state index in [1.165, 1.54) is 4.90 Å². The molecule has 7 heteroatoms. The fourth-order valence-electron chi connectivity index (χ4n) is 1.94. The number of amides is 1. The van der Waals surface area contributed by atoms with Crippen LogP contribution in [0.25, 0.3) is 0 Å². The molecule has 20 heavy (non-hydrogen) atoms. The number of carbonyl (C=O) groups excluding carboxylic acids is 1. The molecule has 0 atom stereocenters. The molecule has 0 radical (unpaired) electrons. The Morgan fingerprint density at radius 1 is 1.35 bits per heavy atom. The van der Waals surface area contributed by atoms with Crippen LogP contribution in [0.15, 0.2) is 34.3 Å². The van der Waals surface area contributed by atoms with Gasteiger partial charge in [0.1, 0.15) is 0 Å². The van der Waals surface area contributed by atoms with E-state index in [4.69, 9.17) is 0 Å². The molecule has 0 aromatic heterocycles.